The SMILES string of the molecule is O=C(CCCCCCC(=O)NC(c1ccccc1)c1ccccc1)NO. The Bertz CT molecular complexity index is 635. The third-order valence-corrected chi connectivity index (χ3v) is 4.25. The molecule has 0 bridgehead atoms. The third kappa shape index (κ3) is 6.69. The molecule has 5 heteroatoms. The van der Waals surface area contributed by atoms with Crippen LogP contribution in [0.2, 0.25) is 0 Å². The topological polar surface area (TPSA) is 78.4 Å². The molecule has 2 aromatic rings. The van der Waals surface area contributed by atoms with Gasteiger partial charge in [-0.15, -0.1) is 0 Å². The molecule has 0 saturated heterocycles. The van der Waals surface area contributed by atoms with E-state index in [1.807, 2.05) is 60.7 Å². The second-order valence-electron chi connectivity index (χ2n) is 6.27. The number of carbonyl (C=O) groups is 2. The van der Waals surface area contributed by atoms with Crippen LogP contribution in [0.4, 0.5) is 0 Å². The van der Waals surface area contributed by atoms with Crippen molar-refractivity contribution in [2.45, 2.75) is 44.6 Å². The molecule has 138 valence electrons. The molecule has 0 aliphatic carbocycles. The summed E-state index contributed by atoms with van der Waals surface area (Å²) in [5, 5.41) is 11.6. The number of unbranched alkanes of at least 4 members (excludes halogenated alkanes) is 3. The van der Waals surface area contributed by atoms with Gasteiger partial charge >= 0.3 is 0 Å². The van der Waals surface area contributed by atoms with Crippen molar-refractivity contribution < 1.29 is 14.8 Å². The highest BCUT2D eigenvalue weighted by molar-refractivity contribution is 5.77. The fourth-order valence-electron chi connectivity index (χ4n) is 2.86. The van der Waals surface area contributed by atoms with Crippen LogP contribution < -0.4 is 10.8 Å². The van der Waals surface area contributed by atoms with Gasteiger partial charge in [-0.1, -0.05) is 73.5 Å². The maximum Gasteiger partial charge on any atom is 0.243 e. The molecule has 0 heterocycles. The van der Waals surface area contributed by atoms with Gasteiger partial charge in [-0.2, -0.15) is 0 Å². The van der Waals surface area contributed by atoms with Crippen LogP contribution in [0, 0.1) is 0 Å². The van der Waals surface area contributed by atoms with E-state index in [0.29, 0.717) is 19.3 Å². The highest BCUT2D eigenvalue weighted by Gasteiger charge is 2.16. The van der Waals surface area contributed by atoms with E-state index in [4.69, 9.17) is 5.21 Å². The normalized spacial score (nSPS) is 10.5. The summed E-state index contributed by atoms with van der Waals surface area (Å²) < 4.78 is 0. The Labute approximate surface area is 154 Å². The Balaban J connectivity index is 1.83. The highest BCUT2D eigenvalue weighted by Crippen LogP contribution is 2.22. The molecular formula is C21H26N2O3. The van der Waals surface area contributed by atoms with Crippen molar-refractivity contribution in [3.8, 4) is 0 Å². The zero-order valence-electron chi connectivity index (χ0n) is 14.9. The Morgan fingerprint density at radius 2 is 1.19 bits per heavy atom. The second kappa shape index (κ2) is 11.1. The summed E-state index contributed by atoms with van der Waals surface area (Å²) in [5.41, 5.74) is 3.74. The number of hydroxylamine groups is 1. The van der Waals surface area contributed by atoms with Gasteiger partial charge in [0.15, 0.2) is 0 Å². The Morgan fingerprint density at radius 1 is 0.731 bits per heavy atom. The molecule has 2 rings (SSSR count). The first-order valence-corrected chi connectivity index (χ1v) is 9.03. The fourth-order valence-corrected chi connectivity index (χ4v) is 2.86. The van der Waals surface area contributed by atoms with Crippen molar-refractivity contribution in [3.63, 3.8) is 0 Å². The molecule has 0 fully saturated rings. The van der Waals surface area contributed by atoms with Gasteiger partial charge in [0.1, 0.15) is 0 Å². The van der Waals surface area contributed by atoms with Gasteiger partial charge in [-0.3, -0.25) is 14.8 Å². The van der Waals surface area contributed by atoms with Gasteiger partial charge in [-0.05, 0) is 24.0 Å². The molecule has 0 aliphatic heterocycles. The Morgan fingerprint density at radius 3 is 1.65 bits per heavy atom. The predicted molar refractivity (Wildman–Crippen MR) is 101 cm³/mol. The minimum absolute atomic E-state index is 0.0239. The molecule has 0 saturated carbocycles. The van der Waals surface area contributed by atoms with Crippen molar-refractivity contribution in [2.24, 2.45) is 0 Å². The van der Waals surface area contributed by atoms with Gasteiger partial charge in [0, 0.05) is 12.8 Å². The minimum Gasteiger partial charge on any atom is -0.345 e. The van der Waals surface area contributed by atoms with Gasteiger partial charge in [0.25, 0.3) is 0 Å². The number of carbonyl (C=O) groups excluding carboxylic acids is 2. The van der Waals surface area contributed by atoms with E-state index in [9.17, 15) is 9.59 Å². The molecule has 2 amide bonds. The van der Waals surface area contributed by atoms with E-state index in [1.54, 1.807) is 5.48 Å². The summed E-state index contributed by atoms with van der Waals surface area (Å²) in [6.07, 6.45) is 4.01. The van der Waals surface area contributed by atoms with Crippen molar-refractivity contribution in [3.05, 3.63) is 71.8 Å². The minimum atomic E-state index is -0.365. The third-order valence-electron chi connectivity index (χ3n) is 4.25. The molecule has 0 aliphatic rings. The van der Waals surface area contributed by atoms with Crippen LogP contribution in [0.1, 0.15) is 55.7 Å². The van der Waals surface area contributed by atoms with Gasteiger partial charge in [0.05, 0.1) is 6.04 Å². The maximum atomic E-state index is 12.4. The van der Waals surface area contributed by atoms with Gasteiger partial charge < -0.3 is 5.32 Å². The van der Waals surface area contributed by atoms with E-state index in [-0.39, 0.29) is 17.9 Å². The lowest BCUT2D eigenvalue weighted by Crippen LogP contribution is -2.29. The van der Waals surface area contributed by atoms with Crippen LogP contribution >= 0.6 is 0 Å². The van der Waals surface area contributed by atoms with Crippen molar-refractivity contribution in [2.75, 3.05) is 0 Å². The zero-order valence-corrected chi connectivity index (χ0v) is 14.9. The van der Waals surface area contributed by atoms with E-state index < -0.39 is 0 Å². The number of nitrogens with one attached hydrogen (secondary N) is 2. The van der Waals surface area contributed by atoms with Crippen molar-refractivity contribution in [1.82, 2.24) is 10.8 Å². The molecule has 26 heavy (non-hydrogen) atoms. The Kier molecular flexibility index (Phi) is 8.36. The first-order chi connectivity index (χ1) is 12.7. The molecule has 2 aromatic carbocycles. The number of rotatable bonds is 10. The number of amides is 2. The van der Waals surface area contributed by atoms with Gasteiger partial charge in [-0.25, -0.2) is 5.48 Å². The predicted octanol–water partition coefficient (Wildman–Crippen LogP) is 3.74. The van der Waals surface area contributed by atoms with E-state index in [2.05, 4.69) is 5.32 Å². The van der Waals surface area contributed by atoms with E-state index >= 15 is 0 Å². The molecule has 5 nitrogen and oxygen atoms in total. The molecular weight excluding hydrogens is 328 g/mol. The van der Waals surface area contributed by atoms with Crippen LogP contribution in [-0.2, 0) is 9.59 Å². The van der Waals surface area contributed by atoms with Crippen LogP contribution in [0.5, 0.6) is 0 Å². The lowest BCUT2D eigenvalue weighted by Gasteiger charge is -2.20. The summed E-state index contributed by atoms with van der Waals surface area (Å²) in [6, 6.07) is 19.7. The summed E-state index contributed by atoms with van der Waals surface area (Å²) in [5.74, 6) is -0.341. The summed E-state index contributed by atoms with van der Waals surface area (Å²) >= 11 is 0. The first-order valence-electron chi connectivity index (χ1n) is 9.03. The smallest absolute Gasteiger partial charge is 0.243 e. The average molecular weight is 354 g/mol. The van der Waals surface area contributed by atoms with Crippen LogP contribution in [0.15, 0.2) is 60.7 Å². The standard InChI is InChI=1S/C21H26N2O3/c24-19(15-9-1-2-10-16-20(25)23-26)22-21(17-11-5-3-6-12-17)18-13-7-4-8-14-18/h3-8,11-14,21,26H,1-2,9-10,15-16H2,(H,22,24)(H,23,25). The largest absolute Gasteiger partial charge is 0.345 e. The van der Waals surface area contributed by atoms with Crippen LogP contribution in [0.25, 0.3) is 0 Å². The van der Waals surface area contributed by atoms with E-state index in [0.717, 1.165) is 30.4 Å². The Hall–Kier alpha value is -2.66. The molecule has 3 N–H and O–H groups in total. The lowest BCUT2D eigenvalue weighted by atomic mass is 9.98. The number of benzene rings is 2. The van der Waals surface area contributed by atoms with Crippen LogP contribution in [0.3, 0.4) is 0 Å². The number of hydrogen-bond donors (Lipinski definition) is 3. The van der Waals surface area contributed by atoms with Crippen molar-refractivity contribution >= 4 is 11.8 Å². The van der Waals surface area contributed by atoms with Crippen molar-refractivity contribution in [1.29, 1.82) is 0 Å². The quantitative estimate of drug-likeness (QED) is 0.345. The molecule has 0 atom stereocenters. The molecule has 0 unspecified atom stereocenters. The summed E-state index contributed by atoms with van der Waals surface area (Å²) in [7, 11) is 0. The highest BCUT2D eigenvalue weighted by atomic mass is 16.5. The van der Waals surface area contributed by atoms with Gasteiger partial charge in [0.2, 0.25) is 11.8 Å². The summed E-state index contributed by atoms with van der Waals surface area (Å²) in [6.45, 7) is 0. The molecule has 0 spiro atoms. The van der Waals surface area contributed by atoms with Crippen LogP contribution in [-0.4, -0.2) is 17.0 Å². The summed E-state index contributed by atoms with van der Waals surface area (Å²) in [4.78, 5) is 23.3. The monoisotopic (exact) mass is 354 g/mol. The zero-order chi connectivity index (χ0) is 18.6. The average Bonchev–Trinajstić information content (AvgIpc) is 2.69. The maximum absolute atomic E-state index is 12.4. The molecule has 0 radical (unpaired) electrons. The fraction of sp³-hybridized carbons (Fsp3) is 0.333. The lowest BCUT2D eigenvalue weighted by molar-refractivity contribution is -0.129. The van der Waals surface area contributed by atoms with E-state index in [1.165, 1.54) is 0 Å². The second-order valence-corrected chi connectivity index (χ2v) is 6.27. The number of hydrogen-bond acceptors (Lipinski definition) is 3. The first kappa shape index (κ1) is 19.7. The molecule has 0 aromatic heterocycles.